The number of thiazole rings is 1. The zero-order valence-electron chi connectivity index (χ0n) is 18.4. The summed E-state index contributed by atoms with van der Waals surface area (Å²) in [6.07, 6.45) is 0. The lowest BCUT2D eigenvalue weighted by molar-refractivity contribution is -0.150. The van der Waals surface area contributed by atoms with Crippen molar-refractivity contribution < 1.29 is 24.3 Å². The van der Waals surface area contributed by atoms with Crippen LogP contribution in [-0.4, -0.2) is 95.4 Å². The number of nitrogens with two attached hydrogens (primary N) is 1. The third-order valence-electron chi connectivity index (χ3n) is 4.82. The van der Waals surface area contributed by atoms with Gasteiger partial charge < -0.3 is 26.4 Å². The van der Waals surface area contributed by atoms with Crippen LogP contribution in [0.4, 0.5) is 5.13 Å². The van der Waals surface area contributed by atoms with Gasteiger partial charge in [0, 0.05) is 23.4 Å². The summed E-state index contributed by atoms with van der Waals surface area (Å²) in [5, 5.41) is 29.2. The molecule has 5 N–H and O–H groups in total. The predicted octanol–water partition coefficient (Wildman–Crippen LogP) is -0.843. The number of nitrogens with zero attached hydrogens (tertiary/aromatic N) is 7. The Labute approximate surface area is 210 Å². The van der Waals surface area contributed by atoms with Crippen LogP contribution in [0, 0.1) is 0 Å². The minimum Gasteiger partial charge on any atom is -0.477 e. The normalized spacial score (nSPS) is 19.8. The molecule has 1 fully saturated rings. The van der Waals surface area contributed by atoms with Gasteiger partial charge in [0.15, 0.2) is 10.8 Å². The highest BCUT2D eigenvalue weighted by Gasteiger charge is 2.54. The molecule has 0 bridgehead atoms. The molecule has 0 aliphatic carbocycles. The number of fused-ring (bicyclic) bond motifs is 1. The van der Waals surface area contributed by atoms with E-state index in [9.17, 15) is 19.5 Å². The molecular weight excluding hydrogens is 520 g/mol. The molecule has 18 heteroatoms. The van der Waals surface area contributed by atoms with E-state index in [1.54, 1.807) is 5.38 Å². The van der Waals surface area contributed by atoms with E-state index in [2.05, 4.69) is 36.4 Å². The molecule has 2 aromatic rings. The van der Waals surface area contributed by atoms with E-state index in [1.807, 2.05) is 6.92 Å². The summed E-state index contributed by atoms with van der Waals surface area (Å²) >= 11 is 3.72. The van der Waals surface area contributed by atoms with E-state index in [4.69, 9.17) is 10.6 Å². The van der Waals surface area contributed by atoms with E-state index < -0.39 is 29.2 Å². The van der Waals surface area contributed by atoms with Gasteiger partial charge in [0.05, 0.1) is 0 Å². The first kappa shape index (κ1) is 24.7. The Morgan fingerprint density at radius 3 is 2.91 bits per heavy atom. The van der Waals surface area contributed by atoms with Gasteiger partial charge in [-0.25, -0.2) is 9.78 Å². The third-order valence-corrected chi connectivity index (χ3v) is 7.84. The SMILES string of the molecule is CCNn1nnnc1SCC1=C(C(=O)O)N2C(=O)[C@@H](NC(=O)/C(=N\OC)c3csc(N)n3)[C@H]2SC1. The van der Waals surface area contributed by atoms with E-state index in [-0.39, 0.29) is 28.0 Å². The molecule has 0 radical (unpaired) electrons. The minimum atomic E-state index is -1.23. The molecule has 0 spiro atoms. The average Bonchev–Trinajstić information content (AvgIpc) is 3.47. The van der Waals surface area contributed by atoms with Gasteiger partial charge in [-0.2, -0.15) is 0 Å². The Morgan fingerprint density at radius 2 is 2.26 bits per heavy atom. The first-order valence-corrected chi connectivity index (χ1v) is 13.0. The van der Waals surface area contributed by atoms with Crippen LogP contribution in [0.5, 0.6) is 0 Å². The van der Waals surface area contributed by atoms with Crippen LogP contribution in [0.2, 0.25) is 0 Å². The lowest BCUT2D eigenvalue weighted by atomic mass is 10.0. The second-order valence-electron chi connectivity index (χ2n) is 6.99. The zero-order valence-corrected chi connectivity index (χ0v) is 20.8. The maximum Gasteiger partial charge on any atom is 0.352 e. The summed E-state index contributed by atoms with van der Waals surface area (Å²) in [6, 6.07) is -0.935. The van der Waals surface area contributed by atoms with Crippen LogP contribution in [0.3, 0.4) is 0 Å². The Kier molecular flexibility index (Phi) is 7.41. The first-order valence-electron chi connectivity index (χ1n) is 10.0. The summed E-state index contributed by atoms with van der Waals surface area (Å²) in [4.78, 5) is 49.2. The van der Waals surface area contributed by atoms with Crippen LogP contribution in [0.1, 0.15) is 12.6 Å². The molecule has 0 unspecified atom stereocenters. The smallest absolute Gasteiger partial charge is 0.352 e. The number of aliphatic carboxylic acids is 1. The van der Waals surface area contributed by atoms with Crippen molar-refractivity contribution in [2.45, 2.75) is 23.5 Å². The van der Waals surface area contributed by atoms with Gasteiger partial charge in [0.1, 0.15) is 29.9 Å². The quantitative estimate of drug-likeness (QED) is 0.126. The topological polar surface area (TPSA) is 203 Å². The largest absolute Gasteiger partial charge is 0.477 e. The van der Waals surface area contributed by atoms with Gasteiger partial charge in [-0.15, -0.1) is 27.9 Å². The predicted molar refractivity (Wildman–Crippen MR) is 128 cm³/mol. The standard InChI is InChI=1S/C17H20N10O5S3/c1-3-19-27-17(22-24-25-27)35-5-7-4-33-14-10(13(29)26(14)11(7)15(30)31)21-12(28)9(23-32-2)8-6-34-16(18)20-8/h6,10,14,19H,3-5H2,1-2H3,(H2,18,20)(H,21,28)(H,30,31)/b23-9-/t10-,14-/m1/s1. The van der Waals surface area contributed by atoms with Crippen LogP contribution in [0.25, 0.3) is 0 Å². The number of β-lactam (4-membered cyclic amide) rings is 1. The van der Waals surface area contributed by atoms with Crippen LogP contribution >= 0.6 is 34.9 Å². The lowest BCUT2D eigenvalue weighted by Gasteiger charge is -2.49. The van der Waals surface area contributed by atoms with Gasteiger partial charge >= 0.3 is 5.97 Å². The van der Waals surface area contributed by atoms with Crippen molar-refractivity contribution in [3.63, 3.8) is 0 Å². The first-order chi connectivity index (χ1) is 16.8. The van der Waals surface area contributed by atoms with Crippen molar-refractivity contribution in [2.24, 2.45) is 5.16 Å². The molecule has 2 atom stereocenters. The van der Waals surface area contributed by atoms with E-state index in [1.165, 1.54) is 40.3 Å². The van der Waals surface area contributed by atoms with Crippen LogP contribution in [-0.2, 0) is 19.2 Å². The number of aromatic nitrogens is 5. The number of rotatable bonds is 10. The molecule has 0 saturated carbocycles. The number of thioether (sulfide) groups is 2. The van der Waals surface area contributed by atoms with E-state index in [0.29, 0.717) is 23.0 Å². The zero-order chi connectivity index (χ0) is 25.1. The van der Waals surface area contributed by atoms with Crippen LogP contribution in [0.15, 0.2) is 27.0 Å². The summed E-state index contributed by atoms with van der Waals surface area (Å²) < 4.78 is 0. The fourth-order valence-corrected chi connectivity index (χ4v) is 6.25. The molecule has 2 aliphatic heterocycles. The average molecular weight is 541 g/mol. The Balaban J connectivity index is 1.48. The molecule has 2 aliphatic rings. The number of carboxylic acid groups (broad SMARTS) is 1. The lowest BCUT2D eigenvalue weighted by Crippen LogP contribution is -2.71. The number of nitrogens with one attached hydrogen (secondary N) is 2. The molecule has 35 heavy (non-hydrogen) atoms. The van der Waals surface area contributed by atoms with Crippen molar-refractivity contribution in [3.8, 4) is 0 Å². The minimum absolute atomic E-state index is 0.0997. The van der Waals surface area contributed by atoms with Gasteiger partial charge in [-0.05, 0) is 22.9 Å². The summed E-state index contributed by atoms with van der Waals surface area (Å²) in [7, 11) is 1.27. The highest BCUT2D eigenvalue weighted by Crippen LogP contribution is 2.41. The number of amides is 2. The number of hydrogen-bond acceptors (Lipinski definition) is 14. The van der Waals surface area contributed by atoms with Crippen molar-refractivity contribution >= 4 is 63.5 Å². The van der Waals surface area contributed by atoms with Crippen molar-refractivity contribution in [2.75, 3.05) is 36.3 Å². The van der Waals surface area contributed by atoms with Gasteiger partial charge in [-0.3, -0.25) is 14.5 Å². The number of hydrogen-bond donors (Lipinski definition) is 4. The summed E-state index contributed by atoms with van der Waals surface area (Å²) in [5.41, 5.74) is 9.10. The molecule has 4 rings (SSSR count). The highest BCUT2D eigenvalue weighted by molar-refractivity contribution is 8.01. The second-order valence-corrected chi connectivity index (χ2v) is 9.92. The number of anilines is 1. The molecule has 186 valence electrons. The number of carboxylic acids is 1. The second kappa shape index (κ2) is 10.5. The van der Waals surface area contributed by atoms with Gasteiger partial charge in [0.2, 0.25) is 5.16 Å². The number of carbonyl (C=O) groups excluding carboxylic acids is 2. The molecule has 4 heterocycles. The maximum absolute atomic E-state index is 12.9. The van der Waals surface area contributed by atoms with Crippen molar-refractivity contribution in [1.82, 2.24) is 35.5 Å². The molecule has 1 saturated heterocycles. The Morgan fingerprint density at radius 1 is 1.46 bits per heavy atom. The fraction of sp³-hybridized carbons (Fsp3) is 0.412. The molecule has 2 aromatic heterocycles. The maximum atomic E-state index is 12.9. The van der Waals surface area contributed by atoms with Gasteiger partial charge in [0.25, 0.3) is 11.8 Å². The molecule has 2 amide bonds. The monoisotopic (exact) mass is 540 g/mol. The fourth-order valence-electron chi connectivity index (χ4n) is 3.37. The number of tetrazole rings is 1. The van der Waals surface area contributed by atoms with E-state index in [0.717, 1.165) is 11.3 Å². The van der Waals surface area contributed by atoms with Crippen LogP contribution < -0.4 is 16.5 Å². The third kappa shape index (κ3) is 4.89. The molecule has 0 aromatic carbocycles. The van der Waals surface area contributed by atoms with Crippen molar-refractivity contribution in [1.29, 1.82) is 0 Å². The van der Waals surface area contributed by atoms with Gasteiger partial charge in [-0.1, -0.05) is 22.0 Å². The van der Waals surface area contributed by atoms with Crippen molar-refractivity contribution in [3.05, 3.63) is 22.3 Å². The number of nitrogen functional groups attached to an aromatic ring is 1. The number of carbonyl (C=O) groups is 3. The highest BCUT2D eigenvalue weighted by atomic mass is 32.2. The summed E-state index contributed by atoms with van der Waals surface area (Å²) in [5.74, 6) is -1.84. The Bertz CT molecular complexity index is 1210. The Hall–Kier alpha value is -3.38. The number of oxime groups is 1. The van der Waals surface area contributed by atoms with E-state index >= 15 is 0 Å². The molecule has 15 nitrogen and oxygen atoms in total. The molecular formula is C17H20N10O5S3. The summed E-state index contributed by atoms with van der Waals surface area (Å²) in [6.45, 7) is 2.49.